The number of ether oxygens (including phenoxy) is 1. The third-order valence-corrected chi connectivity index (χ3v) is 3.15. The zero-order valence-corrected chi connectivity index (χ0v) is 9.36. The zero-order valence-electron chi connectivity index (χ0n) is 9.36. The van der Waals surface area contributed by atoms with E-state index in [4.69, 9.17) is 4.74 Å². The average Bonchev–Trinajstić information content (AvgIpc) is 2.10. The Morgan fingerprint density at radius 3 is 2.80 bits per heavy atom. The lowest BCUT2D eigenvalue weighted by Gasteiger charge is -2.45. The van der Waals surface area contributed by atoms with Gasteiger partial charge in [-0.3, -0.25) is 0 Å². The molecular weight excluding hydrogens is 188 g/mol. The van der Waals surface area contributed by atoms with E-state index in [-0.39, 0.29) is 6.10 Å². The fourth-order valence-electron chi connectivity index (χ4n) is 2.12. The molecule has 0 spiro atoms. The summed E-state index contributed by atoms with van der Waals surface area (Å²) in [5, 5.41) is 9.79. The Hall–Kier alpha value is -0.860. The molecule has 0 radical (unpaired) electrons. The molecule has 0 aromatic rings. The molecule has 2 fully saturated rings. The molecule has 2 heteroatoms. The summed E-state index contributed by atoms with van der Waals surface area (Å²) in [6.45, 7) is 8.81. The molecule has 1 aliphatic carbocycles. The minimum Gasteiger partial charge on any atom is -0.388 e. The van der Waals surface area contributed by atoms with Crippen molar-refractivity contribution in [1.29, 1.82) is 0 Å². The van der Waals surface area contributed by atoms with Crippen LogP contribution in [0, 0.1) is 5.92 Å². The average molecular weight is 206 g/mol. The van der Waals surface area contributed by atoms with Gasteiger partial charge in [-0.15, -0.1) is 0 Å². The number of allylic oxidation sites excluding steroid dienone is 3. The van der Waals surface area contributed by atoms with Gasteiger partial charge in [0.2, 0.25) is 0 Å². The SMILES string of the molecule is C=C1[C@H](O)C/C(=C\C=C(C)C)[C@@H]2CO[C@@H]12. The van der Waals surface area contributed by atoms with Gasteiger partial charge in [-0.05, 0) is 25.8 Å². The van der Waals surface area contributed by atoms with E-state index < -0.39 is 6.10 Å². The normalized spacial score (nSPS) is 37.1. The van der Waals surface area contributed by atoms with Gasteiger partial charge < -0.3 is 9.84 Å². The zero-order chi connectivity index (χ0) is 11.0. The summed E-state index contributed by atoms with van der Waals surface area (Å²) in [6, 6.07) is 0. The number of aliphatic hydroxyl groups excluding tert-OH is 1. The van der Waals surface area contributed by atoms with E-state index in [0.717, 1.165) is 12.2 Å². The lowest BCUT2D eigenvalue weighted by molar-refractivity contribution is -0.0960. The van der Waals surface area contributed by atoms with Crippen molar-refractivity contribution in [2.75, 3.05) is 6.61 Å². The van der Waals surface area contributed by atoms with Gasteiger partial charge in [-0.1, -0.05) is 29.9 Å². The molecule has 2 aliphatic rings. The fourth-order valence-corrected chi connectivity index (χ4v) is 2.12. The van der Waals surface area contributed by atoms with Gasteiger partial charge in [0.05, 0.1) is 18.8 Å². The molecule has 1 N–H and O–H groups in total. The topological polar surface area (TPSA) is 29.5 Å². The van der Waals surface area contributed by atoms with Crippen LogP contribution in [0.15, 0.2) is 35.5 Å². The molecule has 15 heavy (non-hydrogen) atoms. The highest BCUT2D eigenvalue weighted by molar-refractivity contribution is 5.32. The molecular formula is C13H18O2. The van der Waals surface area contributed by atoms with Crippen LogP contribution >= 0.6 is 0 Å². The van der Waals surface area contributed by atoms with E-state index in [1.165, 1.54) is 11.1 Å². The molecule has 1 saturated carbocycles. The maximum atomic E-state index is 9.79. The Balaban J connectivity index is 2.17. The van der Waals surface area contributed by atoms with Gasteiger partial charge in [0.25, 0.3) is 0 Å². The van der Waals surface area contributed by atoms with Crippen LogP contribution in [0.3, 0.4) is 0 Å². The highest BCUT2D eigenvalue weighted by atomic mass is 16.5. The quantitative estimate of drug-likeness (QED) is 0.666. The summed E-state index contributed by atoms with van der Waals surface area (Å²) in [5.41, 5.74) is 3.42. The van der Waals surface area contributed by atoms with Crippen LogP contribution in [0.25, 0.3) is 0 Å². The van der Waals surface area contributed by atoms with Crippen molar-refractivity contribution in [3.8, 4) is 0 Å². The van der Waals surface area contributed by atoms with Crippen molar-refractivity contribution in [3.63, 3.8) is 0 Å². The third-order valence-electron chi connectivity index (χ3n) is 3.15. The van der Waals surface area contributed by atoms with Gasteiger partial charge in [-0.2, -0.15) is 0 Å². The lowest BCUT2D eigenvalue weighted by Crippen LogP contribution is -2.48. The first kappa shape index (κ1) is 10.7. The molecule has 0 bridgehead atoms. The molecule has 2 nitrogen and oxygen atoms in total. The van der Waals surface area contributed by atoms with Crippen LogP contribution < -0.4 is 0 Å². The van der Waals surface area contributed by atoms with Crippen LogP contribution in [0.4, 0.5) is 0 Å². The predicted octanol–water partition coefficient (Wildman–Crippen LogP) is 2.21. The third kappa shape index (κ3) is 1.92. The van der Waals surface area contributed by atoms with E-state index >= 15 is 0 Å². The van der Waals surface area contributed by atoms with Crippen LogP contribution in [-0.2, 0) is 4.74 Å². The van der Waals surface area contributed by atoms with Crippen LogP contribution in [0.2, 0.25) is 0 Å². The monoisotopic (exact) mass is 206 g/mol. The summed E-state index contributed by atoms with van der Waals surface area (Å²) in [7, 11) is 0. The maximum absolute atomic E-state index is 9.79. The second-order valence-corrected chi connectivity index (χ2v) is 4.64. The van der Waals surface area contributed by atoms with Gasteiger partial charge in [0, 0.05) is 5.92 Å². The highest BCUT2D eigenvalue weighted by Gasteiger charge is 2.43. The van der Waals surface area contributed by atoms with Gasteiger partial charge in [0.1, 0.15) is 0 Å². The molecule has 0 aromatic heterocycles. The van der Waals surface area contributed by atoms with E-state index in [2.05, 4.69) is 32.6 Å². The molecule has 82 valence electrons. The number of rotatable bonds is 1. The van der Waals surface area contributed by atoms with Gasteiger partial charge in [0.15, 0.2) is 0 Å². The summed E-state index contributed by atoms with van der Waals surface area (Å²) in [5.74, 6) is 0.455. The smallest absolute Gasteiger partial charge is 0.0895 e. The van der Waals surface area contributed by atoms with Crippen molar-refractivity contribution in [2.45, 2.75) is 32.5 Å². The second-order valence-electron chi connectivity index (χ2n) is 4.64. The van der Waals surface area contributed by atoms with Crippen LogP contribution in [0.1, 0.15) is 20.3 Å². The Labute approximate surface area is 90.9 Å². The molecule has 0 aromatic carbocycles. The number of fused-ring (bicyclic) bond motifs is 1. The Kier molecular flexibility index (Phi) is 2.81. The van der Waals surface area contributed by atoms with Gasteiger partial charge in [-0.25, -0.2) is 0 Å². The second kappa shape index (κ2) is 3.95. The molecule has 3 atom stereocenters. The number of hydrogen-bond acceptors (Lipinski definition) is 2. The summed E-state index contributed by atoms with van der Waals surface area (Å²) in [6.07, 6.45) is 4.58. The summed E-state index contributed by atoms with van der Waals surface area (Å²) >= 11 is 0. The molecule has 2 rings (SSSR count). The first-order valence-corrected chi connectivity index (χ1v) is 5.42. The maximum Gasteiger partial charge on any atom is 0.0895 e. The lowest BCUT2D eigenvalue weighted by atomic mass is 9.75. The summed E-state index contributed by atoms with van der Waals surface area (Å²) < 4.78 is 5.43. The van der Waals surface area contributed by atoms with E-state index in [1.54, 1.807) is 0 Å². The largest absolute Gasteiger partial charge is 0.388 e. The van der Waals surface area contributed by atoms with E-state index in [0.29, 0.717) is 12.3 Å². The van der Waals surface area contributed by atoms with E-state index in [1.807, 2.05) is 0 Å². The minimum atomic E-state index is -0.427. The number of hydrogen-bond donors (Lipinski definition) is 1. The molecule has 1 heterocycles. The van der Waals surface area contributed by atoms with Crippen molar-refractivity contribution in [1.82, 2.24) is 0 Å². The van der Waals surface area contributed by atoms with E-state index in [9.17, 15) is 5.11 Å². The van der Waals surface area contributed by atoms with Crippen LogP contribution in [-0.4, -0.2) is 23.9 Å². The first-order chi connectivity index (χ1) is 7.09. The van der Waals surface area contributed by atoms with Gasteiger partial charge >= 0.3 is 0 Å². The predicted molar refractivity (Wildman–Crippen MR) is 60.5 cm³/mol. The fraction of sp³-hybridized carbons (Fsp3) is 0.538. The van der Waals surface area contributed by atoms with Crippen molar-refractivity contribution in [2.24, 2.45) is 5.92 Å². The Morgan fingerprint density at radius 1 is 1.53 bits per heavy atom. The summed E-state index contributed by atoms with van der Waals surface area (Å²) in [4.78, 5) is 0. The van der Waals surface area contributed by atoms with Crippen molar-refractivity contribution >= 4 is 0 Å². The minimum absolute atomic E-state index is 0.0607. The molecule has 1 aliphatic heterocycles. The van der Waals surface area contributed by atoms with Crippen molar-refractivity contribution < 1.29 is 9.84 Å². The standard InChI is InChI=1S/C13H18O2/c1-8(2)4-5-10-6-12(14)9(3)13-11(10)7-15-13/h4-5,11-14H,3,6-7H2,1-2H3/b10-5+/t11-,12+,13-/m0/s1. The Bertz CT molecular complexity index is 334. The molecule has 0 unspecified atom stereocenters. The highest BCUT2D eigenvalue weighted by Crippen LogP contribution is 2.41. The molecule has 1 saturated heterocycles. The van der Waals surface area contributed by atoms with Crippen LogP contribution in [0.5, 0.6) is 0 Å². The number of aliphatic hydroxyl groups is 1. The van der Waals surface area contributed by atoms with Crippen molar-refractivity contribution in [3.05, 3.63) is 35.5 Å². The first-order valence-electron chi connectivity index (χ1n) is 5.42. The Morgan fingerprint density at radius 2 is 2.27 bits per heavy atom. The molecule has 0 amide bonds.